The van der Waals surface area contributed by atoms with Gasteiger partial charge in [0, 0.05) is 38.9 Å². The summed E-state index contributed by atoms with van der Waals surface area (Å²) in [6, 6.07) is 61.7. The van der Waals surface area contributed by atoms with Gasteiger partial charge in [0.1, 0.15) is 0 Å². The lowest BCUT2D eigenvalue weighted by molar-refractivity contribution is 0.661. The van der Waals surface area contributed by atoms with Crippen LogP contribution >= 0.6 is 0 Å². The molecule has 0 unspecified atom stereocenters. The molecule has 224 valence electrons. The fourth-order valence-electron chi connectivity index (χ4n) is 7.64. The van der Waals surface area contributed by atoms with Gasteiger partial charge in [-0.15, -0.1) is 0 Å². The van der Waals surface area contributed by atoms with E-state index in [4.69, 9.17) is 0 Å². The Bertz CT molecular complexity index is 2370. The summed E-state index contributed by atoms with van der Waals surface area (Å²) in [6.07, 6.45) is 0. The molecule has 0 radical (unpaired) electrons. The molecule has 0 saturated heterocycles. The smallest absolute Gasteiger partial charge is 0.0547 e. The van der Waals surface area contributed by atoms with Gasteiger partial charge < -0.3 is 9.47 Å². The van der Waals surface area contributed by atoms with Crippen molar-refractivity contribution in [3.8, 4) is 27.9 Å². The monoisotopic (exact) mass is 602 g/mol. The molecule has 9 rings (SSSR count). The van der Waals surface area contributed by atoms with Crippen molar-refractivity contribution in [1.82, 2.24) is 4.57 Å². The zero-order valence-corrected chi connectivity index (χ0v) is 26.6. The minimum absolute atomic E-state index is 0.136. The molecule has 1 aliphatic rings. The Kier molecular flexibility index (Phi) is 6.20. The maximum absolute atomic E-state index is 2.48. The van der Waals surface area contributed by atoms with Crippen molar-refractivity contribution in [2.75, 3.05) is 4.90 Å². The summed E-state index contributed by atoms with van der Waals surface area (Å²) in [6.45, 7) is 4.76. The molecule has 1 aliphatic carbocycles. The standard InChI is InChI=1S/C45H34N2/c1-45(2)41-27-32(31-15-7-3-8-16-31)23-25-37(41)38-30-44-40(29-42(38)45)39-28-36(24-26-43(39)47(44)35-21-13-6-14-22-35)46(33-17-9-4-10-18-33)34-19-11-5-12-20-34/h3-30H,1-2H3. The number of hydrogen-bond acceptors (Lipinski definition) is 1. The minimum Gasteiger partial charge on any atom is -0.310 e. The van der Waals surface area contributed by atoms with E-state index in [1.165, 1.54) is 60.9 Å². The molecular weight excluding hydrogens is 569 g/mol. The van der Waals surface area contributed by atoms with E-state index >= 15 is 0 Å². The first-order chi connectivity index (χ1) is 23.1. The van der Waals surface area contributed by atoms with Crippen LogP contribution in [-0.2, 0) is 5.41 Å². The van der Waals surface area contributed by atoms with Crippen LogP contribution in [0.1, 0.15) is 25.0 Å². The Morgan fingerprint density at radius 3 is 1.66 bits per heavy atom. The Hall–Kier alpha value is -5.86. The van der Waals surface area contributed by atoms with E-state index < -0.39 is 0 Å². The zero-order chi connectivity index (χ0) is 31.5. The molecule has 2 heteroatoms. The summed E-state index contributed by atoms with van der Waals surface area (Å²) in [5.74, 6) is 0. The van der Waals surface area contributed by atoms with Crippen molar-refractivity contribution in [3.63, 3.8) is 0 Å². The summed E-state index contributed by atoms with van der Waals surface area (Å²) in [5, 5.41) is 2.52. The molecular formula is C45H34N2. The lowest BCUT2D eigenvalue weighted by atomic mass is 9.81. The molecule has 0 amide bonds. The Balaban J connectivity index is 1.30. The molecule has 2 nitrogen and oxygen atoms in total. The van der Waals surface area contributed by atoms with Crippen LogP contribution in [0, 0.1) is 0 Å². The summed E-state index contributed by atoms with van der Waals surface area (Å²) >= 11 is 0. The number of hydrogen-bond donors (Lipinski definition) is 0. The number of nitrogens with zero attached hydrogens (tertiary/aromatic N) is 2. The third kappa shape index (κ3) is 4.33. The van der Waals surface area contributed by atoms with Gasteiger partial charge in [0.2, 0.25) is 0 Å². The number of fused-ring (bicyclic) bond motifs is 6. The van der Waals surface area contributed by atoms with Crippen LogP contribution in [0.25, 0.3) is 49.7 Å². The Morgan fingerprint density at radius 2 is 1.00 bits per heavy atom. The fraction of sp³-hybridized carbons (Fsp3) is 0.0667. The second-order valence-corrected chi connectivity index (χ2v) is 13.0. The Morgan fingerprint density at radius 1 is 0.426 bits per heavy atom. The molecule has 1 heterocycles. The fourth-order valence-corrected chi connectivity index (χ4v) is 7.64. The van der Waals surface area contributed by atoms with Crippen molar-refractivity contribution in [3.05, 3.63) is 181 Å². The number of benzene rings is 7. The van der Waals surface area contributed by atoms with Crippen LogP contribution in [0.2, 0.25) is 0 Å². The molecule has 0 bridgehead atoms. The predicted octanol–water partition coefficient (Wildman–Crippen LogP) is 12.2. The topological polar surface area (TPSA) is 8.17 Å². The quantitative estimate of drug-likeness (QED) is 0.190. The molecule has 47 heavy (non-hydrogen) atoms. The van der Waals surface area contributed by atoms with Gasteiger partial charge in [-0.1, -0.05) is 111 Å². The lowest BCUT2D eigenvalue weighted by Gasteiger charge is -2.25. The molecule has 0 saturated carbocycles. The van der Waals surface area contributed by atoms with Crippen molar-refractivity contribution < 1.29 is 0 Å². The molecule has 8 aromatic rings. The molecule has 0 spiro atoms. The zero-order valence-electron chi connectivity index (χ0n) is 26.6. The van der Waals surface area contributed by atoms with E-state index in [1.807, 2.05) is 0 Å². The lowest BCUT2D eigenvalue weighted by Crippen LogP contribution is -2.15. The van der Waals surface area contributed by atoms with E-state index in [0.29, 0.717) is 0 Å². The van der Waals surface area contributed by atoms with Crippen LogP contribution < -0.4 is 4.90 Å². The van der Waals surface area contributed by atoms with Gasteiger partial charge in [0.15, 0.2) is 0 Å². The molecule has 0 atom stereocenters. The second kappa shape index (κ2) is 10.6. The van der Waals surface area contributed by atoms with E-state index in [-0.39, 0.29) is 5.41 Å². The van der Waals surface area contributed by atoms with Crippen LogP contribution in [-0.4, -0.2) is 4.57 Å². The normalized spacial score (nSPS) is 13.1. The number of anilines is 3. The van der Waals surface area contributed by atoms with Gasteiger partial charge >= 0.3 is 0 Å². The highest BCUT2D eigenvalue weighted by molar-refractivity contribution is 6.12. The van der Waals surface area contributed by atoms with Gasteiger partial charge in [-0.3, -0.25) is 0 Å². The third-order valence-electron chi connectivity index (χ3n) is 9.95. The maximum atomic E-state index is 2.48. The SMILES string of the molecule is CC1(C)c2cc(-c3ccccc3)ccc2-c2cc3c(cc21)c1cc(N(c2ccccc2)c2ccccc2)ccc1n3-c1ccccc1. The first kappa shape index (κ1) is 27.5. The van der Waals surface area contributed by atoms with E-state index in [0.717, 1.165) is 17.1 Å². The van der Waals surface area contributed by atoms with Crippen LogP contribution in [0.4, 0.5) is 17.1 Å². The average molecular weight is 603 g/mol. The maximum Gasteiger partial charge on any atom is 0.0547 e. The number of para-hydroxylation sites is 3. The van der Waals surface area contributed by atoms with Crippen molar-refractivity contribution >= 4 is 38.9 Å². The van der Waals surface area contributed by atoms with Gasteiger partial charge in [-0.05, 0) is 106 Å². The number of rotatable bonds is 5. The van der Waals surface area contributed by atoms with Gasteiger partial charge in [-0.2, -0.15) is 0 Å². The molecule has 1 aromatic heterocycles. The highest BCUT2D eigenvalue weighted by Crippen LogP contribution is 2.52. The second-order valence-electron chi connectivity index (χ2n) is 13.0. The van der Waals surface area contributed by atoms with Gasteiger partial charge in [-0.25, -0.2) is 0 Å². The van der Waals surface area contributed by atoms with Crippen molar-refractivity contribution in [2.45, 2.75) is 19.3 Å². The van der Waals surface area contributed by atoms with Gasteiger partial charge in [0.25, 0.3) is 0 Å². The summed E-state index contributed by atoms with van der Waals surface area (Å²) in [7, 11) is 0. The number of aromatic nitrogens is 1. The summed E-state index contributed by atoms with van der Waals surface area (Å²) in [4.78, 5) is 2.35. The van der Waals surface area contributed by atoms with Crippen molar-refractivity contribution in [1.29, 1.82) is 0 Å². The first-order valence-electron chi connectivity index (χ1n) is 16.4. The third-order valence-corrected chi connectivity index (χ3v) is 9.95. The minimum atomic E-state index is -0.136. The highest BCUT2D eigenvalue weighted by Gasteiger charge is 2.36. The predicted molar refractivity (Wildman–Crippen MR) is 198 cm³/mol. The summed E-state index contributed by atoms with van der Waals surface area (Å²) in [5.41, 5.74) is 14.8. The molecule has 0 aliphatic heterocycles. The van der Waals surface area contributed by atoms with E-state index in [2.05, 4.69) is 193 Å². The summed E-state index contributed by atoms with van der Waals surface area (Å²) < 4.78 is 2.44. The highest BCUT2D eigenvalue weighted by atomic mass is 15.1. The average Bonchev–Trinajstić information content (AvgIpc) is 3.56. The molecule has 0 fully saturated rings. The molecule has 7 aromatic carbocycles. The Labute approximate surface area is 275 Å². The van der Waals surface area contributed by atoms with E-state index in [9.17, 15) is 0 Å². The van der Waals surface area contributed by atoms with Gasteiger partial charge in [0.05, 0.1) is 11.0 Å². The first-order valence-corrected chi connectivity index (χ1v) is 16.4. The van der Waals surface area contributed by atoms with Crippen LogP contribution in [0.5, 0.6) is 0 Å². The molecule has 0 N–H and O–H groups in total. The van der Waals surface area contributed by atoms with E-state index in [1.54, 1.807) is 0 Å². The van der Waals surface area contributed by atoms with Crippen molar-refractivity contribution in [2.24, 2.45) is 0 Å². The van der Waals surface area contributed by atoms with Crippen LogP contribution in [0.3, 0.4) is 0 Å². The van der Waals surface area contributed by atoms with Crippen LogP contribution in [0.15, 0.2) is 170 Å². The largest absolute Gasteiger partial charge is 0.310 e.